The van der Waals surface area contributed by atoms with Gasteiger partial charge in [0.05, 0.1) is 0 Å². The lowest BCUT2D eigenvalue weighted by Gasteiger charge is -2.38. The topological polar surface area (TPSA) is 92.0 Å². The normalized spacial score (nSPS) is 16.5. The third-order valence-electron chi connectivity index (χ3n) is 5.11. The average Bonchev–Trinajstić information content (AvgIpc) is 3.06. The summed E-state index contributed by atoms with van der Waals surface area (Å²) in [4.78, 5) is 6.37. The summed E-state index contributed by atoms with van der Waals surface area (Å²) in [5, 5.41) is 11.8. The molecule has 1 aromatic carbocycles. The number of nitrogens with two attached hydrogens (primary N) is 1. The predicted molar refractivity (Wildman–Crippen MR) is 103 cm³/mol. The lowest BCUT2D eigenvalue weighted by molar-refractivity contribution is 0.141. The van der Waals surface area contributed by atoms with Crippen molar-refractivity contribution in [3.63, 3.8) is 0 Å². The standard InChI is InChI=1S/C20H29N5O/c1-2-3-4-5-6-7-10-15-11-8-9-12-16(15)18-23-19(26-24-18)17-13-14-25(17)20(21)22/h8-9,11-12,17H,2-7,10,13-14H2,1H3,(H3,21,22). The molecule has 0 amide bonds. The van der Waals surface area contributed by atoms with Crippen LogP contribution in [0.3, 0.4) is 0 Å². The van der Waals surface area contributed by atoms with E-state index in [-0.39, 0.29) is 12.0 Å². The Balaban J connectivity index is 1.64. The third kappa shape index (κ3) is 4.23. The lowest BCUT2D eigenvalue weighted by atomic mass is 10.00. The van der Waals surface area contributed by atoms with Crippen LogP contribution in [0.25, 0.3) is 11.4 Å². The van der Waals surface area contributed by atoms with E-state index in [1.165, 1.54) is 44.1 Å². The zero-order chi connectivity index (χ0) is 18.4. The summed E-state index contributed by atoms with van der Waals surface area (Å²) in [6.07, 6.45) is 9.64. The molecule has 140 valence electrons. The highest BCUT2D eigenvalue weighted by Crippen LogP contribution is 2.33. The number of aromatic nitrogens is 2. The smallest absolute Gasteiger partial charge is 0.249 e. The SMILES string of the molecule is CCCCCCCCc1ccccc1-c1noc(C2CCN2C(=N)N)n1. The van der Waals surface area contributed by atoms with Gasteiger partial charge in [0, 0.05) is 12.1 Å². The van der Waals surface area contributed by atoms with Crippen molar-refractivity contribution in [3.05, 3.63) is 35.7 Å². The number of aryl methyl sites for hydroxylation is 1. The van der Waals surface area contributed by atoms with Gasteiger partial charge in [-0.2, -0.15) is 4.98 Å². The summed E-state index contributed by atoms with van der Waals surface area (Å²) in [7, 11) is 0. The van der Waals surface area contributed by atoms with Crippen LogP contribution in [0.1, 0.15) is 69.4 Å². The van der Waals surface area contributed by atoms with E-state index < -0.39 is 0 Å². The van der Waals surface area contributed by atoms with E-state index in [1.54, 1.807) is 4.90 Å². The van der Waals surface area contributed by atoms with E-state index in [9.17, 15) is 0 Å². The zero-order valence-electron chi connectivity index (χ0n) is 15.6. The van der Waals surface area contributed by atoms with Gasteiger partial charge in [0.2, 0.25) is 11.7 Å². The zero-order valence-corrected chi connectivity index (χ0v) is 15.6. The molecule has 6 nitrogen and oxygen atoms in total. The molecule has 3 rings (SSSR count). The first kappa shape index (κ1) is 18.4. The second kappa shape index (κ2) is 8.83. The molecular formula is C20H29N5O. The first-order chi connectivity index (χ1) is 12.7. The third-order valence-corrected chi connectivity index (χ3v) is 5.11. The number of nitrogens with one attached hydrogen (secondary N) is 1. The summed E-state index contributed by atoms with van der Waals surface area (Å²) in [5.41, 5.74) is 7.90. The van der Waals surface area contributed by atoms with E-state index in [1.807, 2.05) is 6.07 Å². The largest absolute Gasteiger partial charge is 0.370 e. The molecule has 1 saturated heterocycles. The summed E-state index contributed by atoms with van der Waals surface area (Å²) in [5.74, 6) is 1.25. The Morgan fingerprint density at radius 1 is 1.23 bits per heavy atom. The number of rotatable bonds is 9. The van der Waals surface area contributed by atoms with Gasteiger partial charge in [-0.05, 0) is 24.8 Å². The number of benzene rings is 1. The molecule has 1 fully saturated rings. The maximum atomic E-state index is 7.59. The minimum Gasteiger partial charge on any atom is -0.370 e. The van der Waals surface area contributed by atoms with E-state index >= 15 is 0 Å². The van der Waals surface area contributed by atoms with Crippen molar-refractivity contribution in [2.45, 2.75) is 64.3 Å². The molecule has 1 atom stereocenters. The molecule has 0 saturated carbocycles. The minimum atomic E-state index is -0.0560. The van der Waals surface area contributed by atoms with Gasteiger partial charge in [0.1, 0.15) is 6.04 Å². The Hall–Kier alpha value is -2.37. The molecule has 2 heterocycles. The van der Waals surface area contributed by atoms with Gasteiger partial charge in [-0.1, -0.05) is 68.4 Å². The van der Waals surface area contributed by atoms with Crippen LogP contribution in [0, 0.1) is 5.41 Å². The summed E-state index contributed by atoms with van der Waals surface area (Å²) < 4.78 is 5.47. The fourth-order valence-electron chi connectivity index (χ4n) is 3.46. The Kier molecular flexibility index (Phi) is 6.26. The maximum Gasteiger partial charge on any atom is 0.249 e. The first-order valence-corrected chi connectivity index (χ1v) is 9.73. The van der Waals surface area contributed by atoms with Crippen LogP contribution >= 0.6 is 0 Å². The summed E-state index contributed by atoms with van der Waals surface area (Å²) in [6, 6.07) is 8.24. The molecule has 0 spiro atoms. The van der Waals surface area contributed by atoms with Crippen molar-refractivity contribution < 1.29 is 4.52 Å². The van der Waals surface area contributed by atoms with Crippen LogP contribution in [0.15, 0.2) is 28.8 Å². The molecular weight excluding hydrogens is 326 g/mol. The molecule has 1 aromatic heterocycles. The molecule has 3 N–H and O–H groups in total. The molecule has 1 unspecified atom stereocenters. The number of likely N-dealkylation sites (tertiary alicyclic amines) is 1. The lowest BCUT2D eigenvalue weighted by Crippen LogP contribution is -2.48. The monoisotopic (exact) mass is 355 g/mol. The Labute approximate surface area is 155 Å². The van der Waals surface area contributed by atoms with Crippen molar-refractivity contribution in [2.75, 3.05) is 6.54 Å². The second-order valence-corrected chi connectivity index (χ2v) is 7.01. The van der Waals surface area contributed by atoms with Gasteiger partial charge in [0.15, 0.2) is 5.96 Å². The number of hydrogen-bond donors (Lipinski definition) is 2. The van der Waals surface area contributed by atoms with Crippen molar-refractivity contribution in [1.82, 2.24) is 15.0 Å². The average molecular weight is 355 g/mol. The molecule has 2 aromatic rings. The highest BCUT2D eigenvalue weighted by molar-refractivity contribution is 5.75. The van der Waals surface area contributed by atoms with Crippen LogP contribution in [-0.2, 0) is 6.42 Å². The number of hydrogen-bond acceptors (Lipinski definition) is 4. The predicted octanol–water partition coefficient (Wildman–Crippen LogP) is 4.28. The summed E-state index contributed by atoms with van der Waals surface area (Å²) in [6.45, 7) is 3.01. The highest BCUT2D eigenvalue weighted by atomic mass is 16.5. The van der Waals surface area contributed by atoms with Gasteiger partial charge < -0.3 is 15.2 Å². The van der Waals surface area contributed by atoms with Crippen LogP contribution in [0.2, 0.25) is 0 Å². The fraction of sp³-hybridized carbons (Fsp3) is 0.550. The summed E-state index contributed by atoms with van der Waals surface area (Å²) >= 11 is 0. The fourth-order valence-corrected chi connectivity index (χ4v) is 3.46. The van der Waals surface area contributed by atoms with E-state index in [2.05, 4.69) is 35.3 Å². The number of unbranched alkanes of at least 4 members (excludes halogenated alkanes) is 5. The Morgan fingerprint density at radius 3 is 2.73 bits per heavy atom. The van der Waals surface area contributed by atoms with Gasteiger partial charge >= 0.3 is 0 Å². The molecule has 1 aliphatic heterocycles. The van der Waals surface area contributed by atoms with E-state index in [4.69, 9.17) is 15.7 Å². The van der Waals surface area contributed by atoms with Crippen LogP contribution in [-0.4, -0.2) is 27.5 Å². The van der Waals surface area contributed by atoms with E-state index in [0.29, 0.717) is 11.7 Å². The van der Waals surface area contributed by atoms with Crippen LogP contribution in [0.4, 0.5) is 0 Å². The maximum absolute atomic E-state index is 7.59. The number of nitrogens with zero attached hydrogens (tertiary/aromatic N) is 3. The quantitative estimate of drug-likeness (QED) is 0.398. The molecule has 6 heteroatoms. The van der Waals surface area contributed by atoms with Gasteiger partial charge in [-0.25, -0.2) is 0 Å². The van der Waals surface area contributed by atoms with Crippen molar-refractivity contribution in [1.29, 1.82) is 5.41 Å². The molecule has 26 heavy (non-hydrogen) atoms. The van der Waals surface area contributed by atoms with Gasteiger partial charge in [0.25, 0.3) is 0 Å². The molecule has 0 radical (unpaired) electrons. The van der Waals surface area contributed by atoms with Crippen molar-refractivity contribution >= 4 is 5.96 Å². The Morgan fingerprint density at radius 2 is 2.00 bits per heavy atom. The Bertz CT molecular complexity index is 726. The van der Waals surface area contributed by atoms with Gasteiger partial charge in [-0.15, -0.1) is 0 Å². The van der Waals surface area contributed by atoms with Crippen LogP contribution < -0.4 is 5.73 Å². The minimum absolute atomic E-state index is 0.0560. The first-order valence-electron chi connectivity index (χ1n) is 9.73. The second-order valence-electron chi connectivity index (χ2n) is 7.01. The molecule has 0 bridgehead atoms. The molecule has 0 aliphatic carbocycles. The van der Waals surface area contributed by atoms with E-state index in [0.717, 1.165) is 24.9 Å². The molecule has 1 aliphatic rings. The van der Waals surface area contributed by atoms with Crippen molar-refractivity contribution in [3.8, 4) is 11.4 Å². The highest BCUT2D eigenvalue weighted by Gasteiger charge is 2.35. The van der Waals surface area contributed by atoms with Gasteiger partial charge in [-0.3, -0.25) is 5.41 Å². The number of guanidine groups is 1. The van der Waals surface area contributed by atoms with Crippen molar-refractivity contribution in [2.24, 2.45) is 5.73 Å². The van der Waals surface area contributed by atoms with Crippen LogP contribution in [0.5, 0.6) is 0 Å².